The van der Waals surface area contributed by atoms with E-state index in [-0.39, 0.29) is 11.8 Å². The van der Waals surface area contributed by atoms with Gasteiger partial charge in [-0.25, -0.2) is 8.42 Å². The molecule has 0 spiro atoms. The number of sulfonamides is 1. The lowest BCUT2D eigenvalue weighted by atomic mass is 9.96. The Hall–Kier alpha value is -2.22. The number of amides is 1. The lowest BCUT2D eigenvalue weighted by Gasteiger charge is -2.38. The third-order valence-corrected chi connectivity index (χ3v) is 8.27. The summed E-state index contributed by atoms with van der Waals surface area (Å²) in [5.41, 5.74) is 2.58. The fraction of sp³-hybridized carbons (Fsp3) is 0.458. The topological polar surface area (TPSA) is 60.9 Å². The van der Waals surface area contributed by atoms with Crippen LogP contribution < -0.4 is 0 Å². The van der Waals surface area contributed by atoms with Crippen LogP contribution in [0.3, 0.4) is 0 Å². The minimum absolute atomic E-state index is 0.0782. The highest BCUT2D eigenvalue weighted by Gasteiger charge is 2.34. The van der Waals surface area contributed by atoms with Crippen LogP contribution in [0.25, 0.3) is 0 Å². The number of nitrogens with zero attached hydrogens (tertiary/aromatic N) is 3. The Morgan fingerprint density at radius 1 is 0.903 bits per heavy atom. The Kier molecular flexibility index (Phi) is 6.74. The third-order valence-electron chi connectivity index (χ3n) is 6.36. The van der Waals surface area contributed by atoms with Crippen molar-refractivity contribution < 1.29 is 13.2 Å². The Balaban J connectivity index is 1.27. The molecule has 0 saturated carbocycles. The number of aryl methyl sites for hydroxylation is 1. The largest absolute Gasteiger partial charge is 0.340 e. The summed E-state index contributed by atoms with van der Waals surface area (Å²) in [7, 11) is -3.47. The molecule has 0 bridgehead atoms. The SMILES string of the molecule is Cc1cccc(CN2CCN(C(=O)C3CCN(S(=O)(=O)c4ccccc4)CC3)CC2)c1. The minimum Gasteiger partial charge on any atom is -0.340 e. The number of hydrogen-bond acceptors (Lipinski definition) is 4. The maximum Gasteiger partial charge on any atom is 0.243 e. The zero-order chi connectivity index (χ0) is 21.8. The molecular weight excluding hydrogens is 410 g/mol. The molecule has 1 amide bonds. The van der Waals surface area contributed by atoms with Crippen molar-refractivity contribution in [3.05, 3.63) is 65.7 Å². The zero-order valence-electron chi connectivity index (χ0n) is 18.1. The first-order valence-electron chi connectivity index (χ1n) is 11.1. The van der Waals surface area contributed by atoms with Gasteiger partial charge in [0.15, 0.2) is 0 Å². The van der Waals surface area contributed by atoms with E-state index in [1.165, 1.54) is 15.4 Å². The Bertz CT molecular complexity index is 994. The number of hydrogen-bond donors (Lipinski definition) is 0. The smallest absolute Gasteiger partial charge is 0.243 e. The molecule has 2 fully saturated rings. The molecule has 6 nitrogen and oxygen atoms in total. The van der Waals surface area contributed by atoms with Crippen LogP contribution in [0.5, 0.6) is 0 Å². The molecule has 2 aromatic carbocycles. The number of benzene rings is 2. The first-order chi connectivity index (χ1) is 14.9. The summed E-state index contributed by atoms with van der Waals surface area (Å²) in [6, 6.07) is 17.1. The van der Waals surface area contributed by atoms with Gasteiger partial charge in [0.25, 0.3) is 0 Å². The molecule has 2 aliphatic rings. The maximum absolute atomic E-state index is 13.0. The predicted molar refractivity (Wildman–Crippen MR) is 121 cm³/mol. The Morgan fingerprint density at radius 2 is 1.58 bits per heavy atom. The molecule has 0 atom stereocenters. The quantitative estimate of drug-likeness (QED) is 0.716. The fourth-order valence-corrected chi connectivity index (χ4v) is 6.03. The lowest BCUT2D eigenvalue weighted by Crippen LogP contribution is -2.51. The molecule has 2 aromatic rings. The van der Waals surface area contributed by atoms with Crippen LogP contribution >= 0.6 is 0 Å². The molecule has 166 valence electrons. The normalized spacial score (nSPS) is 19.5. The molecule has 0 N–H and O–H groups in total. The summed E-state index contributed by atoms with van der Waals surface area (Å²) in [6.07, 6.45) is 1.18. The van der Waals surface area contributed by atoms with E-state index in [9.17, 15) is 13.2 Å². The average Bonchev–Trinajstić information content (AvgIpc) is 2.80. The molecule has 0 aromatic heterocycles. The highest BCUT2D eigenvalue weighted by molar-refractivity contribution is 7.89. The van der Waals surface area contributed by atoms with Crippen molar-refractivity contribution >= 4 is 15.9 Å². The molecule has 4 rings (SSSR count). The van der Waals surface area contributed by atoms with E-state index in [0.29, 0.717) is 30.8 Å². The van der Waals surface area contributed by atoms with Crippen molar-refractivity contribution in [3.63, 3.8) is 0 Å². The summed E-state index contributed by atoms with van der Waals surface area (Å²) < 4.78 is 27.1. The van der Waals surface area contributed by atoms with Gasteiger partial charge in [-0.15, -0.1) is 0 Å². The van der Waals surface area contributed by atoms with Crippen molar-refractivity contribution in [2.45, 2.75) is 31.2 Å². The molecule has 7 heteroatoms. The van der Waals surface area contributed by atoms with Gasteiger partial charge in [0, 0.05) is 51.7 Å². The van der Waals surface area contributed by atoms with E-state index in [1.54, 1.807) is 24.3 Å². The Morgan fingerprint density at radius 3 is 2.23 bits per heavy atom. The van der Waals surface area contributed by atoms with E-state index in [4.69, 9.17) is 0 Å². The Labute approximate surface area is 185 Å². The lowest BCUT2D eigenvalue weighted by molar-refractivity contribution is -0.138. The molecule has 2 heterocycles. The minimum atomic E-state index is -3.47. The van der Waals surface area contributed by atoms with Crippen LogP contribution in [0.2, 0.25) is 0 Å². The van der Waals surface area contributed by atoms with Crippen molar-refractivity contribution in [2.75, 3.05) is 39.3 Å². The van der Waals surface area contributed by atoms with Crippen molar-refractivity contribution in [1.82, 2.24) is 14.1 Å². The highest BCUT2D eigenvalue weighted by atomic mass is 32.2. The monoisotopic (exact) mass is 441 g/mol. The van der Waals surface area contributed by atoms with E-state index in [0.717, 1.165) is 32.7 Å². The number of piperazine rings is 1. The fourth-order valence-electron chi connectivity index (χ4n) is 4.54. The van der Waals surface area contributed by atoms with E-state index >= 15 is 0 Å². The highest BCUT2D eigenvalue weighted by Crippen LogP contribution is 2.25. The molecule has 2 saturated heterocycles. The van der Waals surface area contributed by atoms with Crippen LogP contribution in [0.4, 0.5) is 0 Å². The van der Waals surface area contributed by atoms with Gasteiger partial charge in [-0.05, 0) is 37.5 Å². The summed E-state index contributed by atoms with van der Waals surface area (Å²) in [6.45, 7) is 7.07. The second-order valence-electron chi connectivity index (χ2n) is 8.58. The van der Waals surface area contributed by atoms with E-state index in [2.05, 4.69) is 36.1 Å². The van der Waals surface area contributed by atoms with Crippen molar-refractivity contribution in [2.24, 2.45) is 5.92 Å². The zero-order valence-corrected chi connectivity index (χ0v) is 18.9. The number of rotatable bonds is 5. The van der Waals surface area contributed by atoms with Gasteiger partial charge in [-0.3, -0.25) is 9.69 Å². The maximum atomic E-state index is 13.0. The first-order valence-corrected chi connectivity index (χ1v) is 12.5. The summed E-state index contributed by atoms with van der Waals surface area (Å²) >= 11 is 0. The van der Waals surface area contributed by atoms with Gasteiger partial charge in [0.1, 0.15) is 0 Å². The first kappa shape index (κ1) is 22.0. The van der Waals surface area contributed by atoms with Gasteiger partial charge in [-0.1, -0.05) is 48.0 Å². The standard InChI is InChI=1S/C24H31N3O3S/c1-20-6-5-7-21(18-20)19-25-14-16-26(17-15-25)24(28)22-10-12-27(13-11-22)31(29,30)23-8-3-2-4-9-23/h2-9,18,22H,10-17,19H2,1H3. The molecule has 0 aliphatic carbocycles. The van der Waals surface area contributed by atoms with Gasteiger partial charge < -0.3 is 4.90 Å². The third kappa shape index (κ3) is 5.17. The molecule has 31 heavy (non-hydrogen) atoms. The van der Waals surface area contributed by atoms with Gasteiger partial charge in [-0.2, -0.15) is 4.31 Å². The van der Waals surface area contributed by atoms with Crippen LogP contribution in [-0.2, 0) is 21.4 Å². The van der Waals surface area contributed by atoms with Crippen molar-refractivity contribution in [1.29, 1.82) is 0 Å². The van der Waals surface area contributed by atoms with Gasteiger partial charge >= 0.3 is 0 Å². The summed E-state index contributed by atoms with van der Waals surface area (Å²) in [5.74, 6) is 0.109. The summed E-state index contributed by atoms with van der Waals surface area (Å²) in [4.78, 5) is 17.7. The van der Waals surface area contributed by atoms with Crippen LogP contribution in [0, 0.1) is 12.8 Å². The second kappa shape index (κ2) is 9.51. The summed E-state index contributed by atoms with van der Waals surface area (Å²) in [5, 5.41) is 0. The number of carbonyl (C=O) groups excluding carboxylic acids is 1. The van der Waals surface area contributed by atoms with Crippen LogP contribution in [-0.4, -0.2) is 67.7 Å². The molecule has 0 radical (unpaired) electrons. The predicted octanol–water partition coefficient (Wildman–Crippen LogP) is 2.74. The van der Waals surface area contributed by atoms with E-state index in [1.807, 2.05) is 11.0 Å². The van der Waals surface area contributed by atoms with Crippen LogP contribution in [0.1, 0.15) is 24.0 Å². The number of carbonyl (C=O) groups is 1. The number of piperidine rings is 1. The van der Waals surface area contributed by atoms with Gasteiger partial charge in [0.2, 0.25) is 15.9 Å². The average molecular weight is 442 g/mol. The van der Waals surface area contributed by atoms with E-state index < -0.39 is 10.0 Å². The second-order valence-corrected chi connectivity index (χ2v) is 10.5. The molecule has 0 unspecified atom stereocenters. The van der Waals surface area contributed by atoms with Crippen LogP contribution in [0.15, 0.2) is 59.5 Å². The molecular formula is C24H31N3O3S. The molecule has 2 aliphatic heterocycles. The van der Waals surface area contributed by atoms with Gasteiger partial charge in [0.05, 0.1) is 4.90 Å². The van der Waals surface area contributed by atoms with Crippen molar-refractivity contribution in [3.8, 4) is 0 Å².